The molecule has 0 aliphatic carbocycles. The number of hydrogen-bond donors (Lipinski definition) is 5. The summed E-state index contributed by atoms with van der Waals surface area (Å²) in [6, 6.07) is 0. The fraction of sp³-hybridized carbons (Fsp3) is 1.00. The highest BCUT2D eigenvalue weighted by molar-refractivity contribution is 7.80. The molecule has 17 heavy (non-hydrogen) atoms. The first-order valence-electron chi connectivity index (χ1n) is 5.58. The maximum atomic E-state index is 9.68. The molecule has 1 fully saturated rings. The van der Waals surface area contributed by atoms with Crippen molar-refractivity contribution in [1.82, 2.24) is 0 Å². The standard InChI is InChI=1S/C10H20O6S/c1-5(2-3-17)15-10-9(14)8(13)7(12)6(4-11)16-10/h5-14,17H,2-4H2,1H3/t5-,6-,7+,8+,9-,10-/m1/s1. The second kappa shape index (κ2) is 6.89. The van der Waals surface area contributed by atoms with Crippen LogP contribution in [0.2, 0.25) is 0 Å². The molecule has 0 unspecified atom stereocenters. The van der Waals surface area contributed by atoms with Crippen LogP contribution in [-0.2, 0) is 9.47 Å². The Morgan fingerprint density at radius 1 is 1.24 bits per heavy atom. The summed E-state index contributed by atoms with van der Waals surface area (Å²) < 4.78 is 10.6. The fourth-order valence-corrected chi connectivity index (χ4v) is 2.02. The molecule has 0 spiro atoms. The molecule has 1 rings (SSSR count). The molecule has 0 amide bonds. The summed E-state index contributed by atoms with van der Waals surface area (Å²) in [7, 11) is 0. The molecule has 4 N–H and O–H groups in total. The van der Waals surface area contributed by atoms with Crippen LogP contribution in [0.4, 0.5) is 0 Å². The van der Waals surface area contributed by atoms with E-state index in [-0.39, 0.29) is 6.10 Å². The van der Waals surface area contributed by atoms with Crippen LogP contribution in [0.1, 0.15) is 13.3 Å². The second-order valence-electron chi connectivity index (χ2n) is 4.16. The van der Waals surface area contributed by atoms with Crippen LogP contribution < -0.4 is 0 Å². The van der Waals surface area contributed by atoms with Gasteiger partial charge < -0.3 is 29.9 Å². The summed E-state index contributed by atoms with van der Waals surface area (Å²) in [5, 5.41) is 37.7. The molecule has 6 nitrogen and oxygen atoms in total. The molecule has 1 aliphatic rings. The molecule has 0 aromatic heterocycles. The van der Waals surface area contributed by atoms with Crippen molar-refractivity contribution in [2.75, 3.05) is 12.4 Å². The van der Waals surface area contributed by atoms with Gasteiger partial charge in [0.15, 0.2) is 6.29 Å². The predicted octanol–water partition coefficient (Wildman–Crippen LogP) is -1.49. The molecule has 1 saturated heterocycles. The summed E-state index contributed by atoms with van der Waals surface area (Å²) in [4.78, 5) is 0. The van der Waals surface area contributed by atoms with E-state index in [0.717, 1.165) is 0 Å². The van der Waals surface area contributed by atoms with Gasteiger partial charge in [-0.15, -0.1) is 0 Å². The molecular formula is C10H20O6S. The lowest BCUT2D eigenvalue weighted by Gasteiger charge is -2.40. The van der Waals surface area contributed by atoms with Crippen LogP contribution in [0, 0.1) is 0 Å². The van der Waals surface area contributed by atoms with Gasteiger partial charge in [-0.25, -0.2) is 0 Å². The van der Waals surface area contributed by atoms with Crippen LogP contribution in [0.5, 0.6) is 0 Å². The predicted molar refractivity (Wildman–Crippen MR) is 62.8 cm³/mol. The summed E-state index contributed by atoms with van der Waals surface area (Å²) in [5.41, 5.74) is 0. The molecule has 6 atom stereocenters. The molecule has 0 aromatic rings. The Labute approximate surface area is 106 Å². The van der Waals surface area contributed by atoms with E-state index in [2.05, 4.69) is 12.6 Å². The lowest BCUT2D eigenvalue weighted by atomic mass is 9.99. The van der Waals surface area contributed by atoms with Crippen LogP contribution in [0.3, 0.4) is 0 Å². The van der Waals surface area contributed by atoms with Crippen molar-refractivity contribution in [3.05, 3.63) is 0 Å². The highest BCUT2D eigenvalue weighted by atomic mass is 32.1. The van der Waals surface area contributed by atoms with Crippen LogP contribution in [0.15, 0.2) is 0 Å². The Hall–Kier alpha value is 0.110. The minimum Gasteiger partial charge on any atom is -0.394 e. The van der Waals surface area contributed by atoms with Gasteiger partial charge in [-0.3, -0.25) is 0 Å². The third kappa shape index (κ3) is 3.78. The number of rotatable bonds is 5. The SMILES string of the molecule is C[C@H](CCS)O[C@@H]1O[C@H](CO)[C@H](O)[C@H](O)[C@H]1O. The zero-order valence-corrected chi connectivity index (χ0v) is 10.5. The van der Waals surface area contributed by atoms with E-state index in [1.807, 2.05) is 0 Å². The maximum absolute atomic E-state index is 9.68. The van der Waals surface area contributed by atoms with E-state index in [1.165, 1.54) is 0 Å². The quantitative estimate of drug-likeness (QED) is 0.390. The van der Waals surface area contributed by atoms with Gasteiger partial charge in [-0.05, 0) is 19.1 Å². The summed E-state index contributed by atoms with van der Waals surface area (Å²) in [6.07, 6.45) is -5.60. The van der Waals surface area contributed by atoms with Gasteiger partial charge in [-0.1, -0.05) is 0 Å². The van der Waals surface area contributed by atoms with Crippen molar-refractivity contribution in [3.8, 4) is 0 Å². The second-order valence-corrected chi connectivity index (χ2v) is 4.60. The van der Waals surface area contributed by atoms with Crippen LogP contribution in [0.25, 0.3) is 0 Å². The average Bonchev–Trinajstić information content (AvgIpc) is 2.30. The zero-order chi connectivity index (χ0) is 13.0. The zero-order valence-electron chi connectivity index (χ0n) is 9.64. The van der Waals surface area contributed by atoms with Crippen LogP contribution >= 0.6 is 12.6 Å². The molecule has 102 valence electrons. The van der Waals surface area contributed by atoms with Gasteiger partial charge in [0, 0.05) is 0 Å². The number of thiol groups is 1. The number of aliphatic hydroxyl groups excluding tert-OH is 4. The number of aliphatic hydroxyl groups is 4. The molecular weight excluding hydrogens is 248 g/mol. The molecule has 0 saturated carbocycles. The summed E-state index contributed by atoms with van der Waals surface area (Å²) in [5.74, 6) is 0.624. The smallest absolute Gasteiger partial charge is 0.186 e. The van der Waals surface area contributed by atoms with Crippen molar-refractivity contribution in [2.45, 2.75) is 50.2 Å². The van der Waals surface area contributed by atoms with Gasteiger partial charge in [0.1, 0.15) is 24.4 Å². The molecule has 0 radical (unpaired) electrons. The van der Waals surface area contributed by atoms with Crippen molar-refractivity contribution in [3.63, 3.8) is 0 Å². The highest BCUT2D eigenvalue weighted by Gasteiger charge is 2.44. The van der Waals surface area contributed by atoms with Crippen LogP contribution in [-0.4, -0.2) is 69.6 Å². The van der Waals surface area contributed by atoms with E-state index in [1.54, 1.807) is 6.92 Å². The van der Waals surface area contributed by atoms with Gasteiger partial charge in [0.2, 0.25) is 0 Å². The van der Waals surface area contributed by atoms with E-state index >= 15 is 0 Å². The minimum absolute atomic E-state index is 0.200. The summed E-state index contributed by atoms with van der Waals surface area (Å²) >= 11 is 4.06. The highest BCUT2D eigenvalue weighted by Crippen LogP contribution is 2.23. The van der Waals surface area contributed by atoms with E-state index in [4.69, 9.17) is 14.6 Å². The van der Waals surface area contributed by atoms with Gasteiger partial charge >= 0.3 is 0 Å². The first-order chi connectivity index (χ1) is 8.01. The van der Waals surface area contributed by atoms with Crippen molar-refractivity contribution >= 4 is 12.6 Å². The Bertz CT molecular complexity index is 227. The molecule has 1 heterocycles. The first-order valence-corrected chi connectivity index (χ1v) is 6.21. The largest absolute Gasteiger partial charge is 0.394 e. The van der Waals surface area contributed by atoms with Gasteiger partial charge in [0.25, 0.3) is 0 Å². The van der Waals surface area contributed by atoms with E-state index in [0.29, 0.717) is 12.2 Å². The molecule has 0 aromatic carbocycles. The average molecular weight is 268 g/mol. The van der Waals surface area contributed by atoms with Gasteiger partial charge in [-0.2, -0.15) is 12.6 Å². The van der Waals surface area contributed by atoms with Crippen molar-refractivity contribution in [1.29, 1.82) is 0 Å². The lowest BCUT2D eigenvalue weighted by molar-refractivity contribution is -0.309. The lowest BCUT2D eigenvalue weighted by Crippen LogP contribution is -2.59. The monoisotopic (exact) mass is 268 g/mol. The van der Waals surface area contributed by atoms with Crippen molar-refractivity contribution in [2.24, 2.45) is 0 Å². The number of ether oxygens (including phenoxy) is 2. The Kier molecular flexibility index (Phi) is 6.14. The van der Waals surface area contributed by atoms with E-state index < -0.39 is 37.3 Å². The Balaban J connectivity index is 2.59. The number of hydrogen-bond acceptors (Lipinski definition) is 7. The molecule has 7 heteroatoms. The molecule has 0 bridgehead atoms. The normalized spacial score (nSPS) is 40.2. The van der Waals surface area contributed by atoms with Gasteiger partial charge in [0.05, 0.1) is 12.7 Å². The first kappa shape index (κ1) is 15.2. The van der Waals surface area contributed by atoms with E-state index in [9.17, 15) is 15.3 Å². The van der Waals surface area contributed by atoms with Crippen molar-refractivity contribution < 1.29 is 29.9 Å². The summed E-state index contributed by atoms with van der Waals surface area (Å²) in [6.45, 7) is 1.34. The Morgan fingerprint density at radius 3 is 2.41 bits per heavy atom. The third-order valence-corrected chi connectivity index (χ3v) is 3.01. The molecule has 1 aliphatic heterocycles. The maximum Gasteiger partial charge on any atom is 0.186 e. The Morgan fingerprint density at radius 2 is 1.88 bits per heavy atom. The fourth-order valence-electron chi connectivity index (χ4n) is 1.66. The third-order valence-electron chi connectivity index (χ3n) is 2.75. The minimum atomic E-state index is -1.39. The topological polar surface area (TPSA) is 99.4 Å².